The summed E-state index contributed by atoms with van der Waals surface area (Å²) in [6.07, 6.45) is 1.71. The van der Waals surface area contributed by atoms with E-state index >= 15 is 0 Å². The standard InChI is InChI=1S/C13H20N2O4S/c1-3-9(4-2)8-15-20(18,19)12-6-5-10(14)7-11(12)13(16)17/h5-7,9,15H,3-4,8,14H2,1-2H3,(H,16,17). The van der Waals surface area contributed by atoms with Crippen LogP contribution >= 0.6 is 0 Å². The lowest BCUT2D eigenvalue weighted by Gasteiger charge is -2.14. The van der Waals surface area contributed by atoms with Gasteiger partial charge in [0.2, 0.25) is 10.0 Å². The predicted molar refractivity (Wildman–Crippen MR) is 77.1 cm³/mol. The number of hydrogen-bond donors (Lipinski definition) is 3. The average molecular weight is 300 g/mol. The van der Waals surface area contributed by atoms with Gasteiger partial charge in [-0.15, -0.1) is 0 Å². The quantitative estimate of drug-likeness (QED) is 0.664. The zero-order valence-corrected chi connectivity index (χ0v) is 12.4. The molecule has 1 rings (SSSR count). The van der Waals surface area contributed by atoms with Gasteiger partial charge < -0.3 is 10.8 Å². The molecule has 0 heterocycles. The van der Waals surface area contributed by atoms with E-state index in [9.17, 15) is 13.2 Å². The van der Waals surface area contributed by atoms with E-state index in [0.29, 0.717) is 6.54 Å². The third-order valence-corrected chi connectivity index (χ3v) is 4.72. The number of carbonyl (C=O) groups is 1. The van der Waals surface area contributed by atoms with Gasteiger partial charge in [-0.25, -0.2) is 17.9 Å². The van der Waals surface area contributed by atoms with E-state index in [-0.39, 0.29) is 22.1 Å². The monoisotopic (exact) mass is 300 g/mol. The molecule has 1 aromatic rings. The highest BCUT2D eigenvalue weighted by Crippen LogP contribution is 2.19. The van der Waals surface area contributed by atoms with Crippen LogP contribution in [0.3, 0.4) is 0 Å². The molecule has 6 nitrogen and oxygen atoms in total. The second kappa shape index (κ2) is 6.71. The molecule has 0 atom stereocenters. The first-order chi connectivity index (χ1) is 9.31. The van der Waals surface area contributed by atoms with Crippen LogP contribution in [0.15, 0.2) is 23.1 Å². The summed E-state index contributed by atoms with van der Waals surface area (Å²) in [4.78, 5) is 10.9. The summed E-state index contributed by atoms with van der Waals surface area (Å²) in [6, 6.07) is 3.74. The number of aromatic carboxylic acids is 1. The molecular weight excluding hydrogens is 280 g/mol. The number of sulfonamides is 1. The summed E-state index contributed by atoms with van der Waals surface area (Å²) in [5.74, 6) is -1.09. The Kier molecular flexibility index (Phi) is 5.52. The first-order valence-corrected chi connectivity index (χ1v) is 7.92. The van der Waals surface area contributed by atoms with Crippen molar-refractivity contribution in [2.45, 2.75) is 31.6 Å². The lowest BCUT2D eigenvalue weighted by atomic mass is 10.0. The molecule has 0 fully saturated rings. The summed E-state index contributed by atoms with van der Waals surface area (Å²) >= 11 is 0. The SMILES string of the molecule is CCC(CC)CNS(=O)(=O)c1ccc(N)cc1C(=O)O. The van der Waals surface area contributed by atoms with Gasteiger partial charge in [0.15, 0.2) is 0 Å². The molecule has 0 saturated heterocycles. The van der Waals surface area contributed by atoms with Crippen molar-refractivity contribution in [1.29, 1.82) is 0 Å². The average Bonchev–Trinajstić information content (AvgIpc) is 2.39. The maximum absolute atomic E-state index is 12.2. The molecular formula is C13H20N2O4S. The van der Waals surface area contributed by atoms with Crippen LogP contribution in [-0.2, 0) is 10.0 Å². The van der Waals surface area contributed by atoms with Gasteiger partial charge in [-0.05, 0) is 24.1 Å². The topological polar surface area (TPSA) is 109 Å². The minimum atomic E-state index is -3.85. The first kappa shape index (κ1) is 16.5. The van der Waals surface area contributed by atoms with E-state index in [4.69, 9.17) is 10.8 Å². The second-order valence-electron chi connectivity index (χ2n) is 4.60. The minimum absolute atomic E-state index is 0.210. The van der Waals surface area contributed by atoms with Crippen molar-refractivity contribution in [3.8, 4) is 0 Å². The third-order valence-electron chi connectivity index (χ3n) is 3.24. The van der Waals surface area contributed by atoms with Crippen LogP contribution in [0.2, 0.25) is 0 Å². The number of carboxylic acids is 1. The smallest absolute Gasteiger partial charge is 0.337 e. The number of benzene rings is 1. The molecule has 0 radical (unpaired) electrons. The van der Waals surface area contributed by atoms with Crippen LogP contribution in [0.25, 0.3) is 0 Å². The van der Waals surface area contributed by atoms with E-state index in [1.165, 1.54) is 12.1 Å². The Balaban J connectivity index is 3.07. The number of hydrogen-bond acceptors (Lipinski definition) is 4. The minimum Gasteiger partial charge on any atom is -0.478 e. The van der Waals surface area contributed by atoms with Crippen molar-refractivity contribution in [2.75, 3.05) is 12.3 Å². The van der Waals surface area contributed by atoms with Crippen LogP contribution < -0.4 is 10.5 Å². The number of nitrogen functional groups attached to an aromatic ring is 1. The number of carboxylic acid groups (broad SMARTS) is 1. The molecule has 7 heteroatoms. The molecule has 4 N–H and O–H groups in total. The van der Waals surface area contributed by atoms with Gasteiger partial charge in [0, 0.05) is 12.2 Å². The lowest BCUT2D eigenvalue weighted by molar-refractivity contribution is 0.0692. The van der Waals surface area contributed by atoms with E-state index in [1.807, 2.05) is 13.8 Å². The van der Waals surface area contributed by atoms with Crippen molar-refractivity contribution < 1.29 is 18.3 Å². The molecule has 0 aliphatic heterocycles. The van der Waals surface area contributed by atoms with Gasteiger partial charge in [0.05, 0.1) is 10.5 Å². The summed E-state index contributed by atoms with van der Waals surface area (Å²) < 4.78 is 26.8. The largest absolute Gasteiger partial charge is 0.478 e. The molecule has 0 unspecified atom stereocenters. The maximum atomic E-state index is 12.2. The molecule has 0 aromatic heterocycles. The fourth-order valence-corrected chi connectivity index (χ4v) is 3.13. The van der Waals surface area contributed by atoms with Crippen molar-refractivity contribution in [1.82, 2.24) is 4.72 Å². The second-order valence-corrected chi connectivity index (χ2v) is 6.33. The van der Waals surface area contributed by atoms with Crippen LogP contribution in [0.4, 0.5) is 5.69 Å². The summed E-state index contributed by atoms with van der Waals surface area (Å²) in [5, 5.41) is 9.08. The van der Waals surface area contributed by atoms with E-state index in [0.717, 1.165) is 18.9 Å². The highest BCUT2D eigenvalue weighted by molar-refractivity contribution is 7.89. The molecule has 0 aliphatic carbocycles. The molecule has 0 amide bonds. The highest BCUT2D eigenvalue weighted by Gasteiger charge is 2.23. The summed E-state index contributed by atoms with van der Waals surface area (Å²) in [5.41, 5.74) is 5.39. The molecule has 1 aromatic carbocycles. The number of rotatable bonds is 7. The van der Waals surface area contributed by atoms with Crippen LogP contribution in [0.1, 0.15) is 37.0 Å². The van der Waals surface area contributed by atoms with Crippen molar-refractivity contribution >= 4 is 21.7 Å². The Morgan fingerprint density at radius 3 is 2.45 bits per heavy atom. The Morgan fingerprint density at radius 2 is 1.95 bits per heavy atom. The first-order valence-electron chi connectivity index (χ1n) is 6.44. The van der Waals surface area contributed by atoms with Crippen molar-refractivity contribution in [2.24, 2.45) is 5.92 Å². The van der Waals surface area contributed by atoms with Gasteiger partial charge in [0.1, 0.15) is 0 Å². The van der Waals surface area contributed by atoms with Crippen molar-refractivity contribution in [3.05, 3.63) is 23.8 Å². The highest BCUT2D eigenvalue weighted by atomic mass is 32.2. The van der Waals surface area contributed by atoms with Gasteiger partial charge in [-0.2, -0.15) is 0 Å². The van der Waals surface area contributed by atoms with Crippen LogP contribution in [0, 0.1) is 5.92 Å². The van der Waals surface area contributed by atoms with E-state index < -0.39 is 16.0 Å². The van der Waals surface area contributed by atoms with Gasteiger partial charge in [-0.3, -0.25) is 0 Å². The number of nitrogens with one attached hydrogen (secondary N) is 1. The molecule has 0 spiro atoms. The Bertz CT molecular complexity index is 580. The zero-order chi connectivity index (χ0) is 15.3. The Hall–Kier alpha value is -1.60. The lowest BCUT2D eigenvalue weighted by Crippen LogP contribution is -2.30. The maximum Gasteiger partial charge on any atom is 0.337 e. The number of nitrogens with two attached hydrogens (primary N) is 1. The van der Waals surface area contributed by atoms with Crippen LogP contribution in [0.5, 0.6) is 0 Å². The van der Waals surface area contributed by atoms with Gasteiger partial charge in [0.25, 0.3) is 0 Å². The van der Waals surface area contributed by atoms with E-state index in [2.05, 4.69) is 4.72 Å². The fourth-order valence-electron chi connectivity index (χ4n) is 1.83. The fraction of sp³-hybridized carbons (Fsp3) is 0.462. The Labute approximate surface area is 119 Å². The molecule has 0 saturated carbocycles. The molecule has 20 heavy (non-hydrogen) atoms. The molecule has 0 bridgehead atoms. The Morgan fingerprint density at radius 1 is 1.35 bits per heavy atom. The molecule has 112 valence electrons. The van der Waals surface area contributed by atoms with Gasteiger partial charge in [-0.1, -0.05) is 26.7 Å². The number of anilines is 1. The van der Waals surface area contributed by atoms with Crippen LogP contribution in [-0.4, -0.2) is 26.0 Å². The van der Waals surface area contributed by atoms with Crippen molar-refractivity contribution in [3.63, 3.8) is 0 Å². The summed E-state index contributed by atoms with van der Waals surface area (Å²) in [7, 11) is -3.85. The van der Waals surface area contributed by atoms with E-state index in [1.54, 1.807) is 0 Å². The normalized spacial score (nSPS) is 11.8. The zero-order valence-electron chi connectivity index (χ0n) is 11.6. The predicted octanol–water partition coefficient (Wildman–Crippen LogP) is 1.68. The van der Waals surface area contributed by atoms with Gasteiger partial charge >= 0.3 is 5.97 Å². The summed E-state index contributed by atoms with van der Waals surface area (Å²) in [6.45, 7) is 4.25. The molecule has 0 aliphatic rings. The third kappa shape index (κ3) is 3.94.